The molecule has 2 aromatic carbocycles. The molecular weight excluding hydrogens is 384 g/mol. The highest BCUT2D eigenvalue weighted by Crippen LogP contribution is 2.30. The first-order valence-electron chi connectivity index (χ1n) is 9.96. The van der Waals surface area contributed by atoms with E-state index in [2.05, 4.69) is 6.92 Å². The van der Waals surface area contributed by atoms with Crippen LogP contribution in [0.1, 0.15) is 35.7 Å². The highest BCUT2D eigenvalue weighted by molar-refractivity contribution is 6.07. The summed E-state index contributed by atoms with van der Waals surface area (Å²) in [5.74, 6) is 2.27. The summed E-state index contributed by atoms with van der Waals surface area (Å²) >= 11 is 0. The molecule has 0 bridgehead atoms. The Morgan fingerprint density at radius 2 is 1.57 bits per heavy atom. The summed E-state index contributed by atoms with van der Waals surface area (Å²) < 4.78 is 27.1. The summed E-state index contributed by atoms with van der Waals surface area (Å²) in [4.78, 5) is 12.6. The number of ketones is 1. The average Bonchev–Trinajstić information content (AvgIpc) is 2.78. The maximum atomic E-state index is 12.6. The highest BCUT2D eigenvalue weighted by Gasteiger charge is 2.10. The molecule has 6 nitrogen and oxygen atoms in total. The monoisotopic (exact) mass is 414 g/mol. The second-order valence-corrected chi connectivity index (χ2v) is 6.52. The summed E-state index contributed by atoms with van der Waals surface area (Å²) in [6.45, 7) is 3.61. The Bertz CT molecular complexity index is 844. The molecule has 6 heteroatoms. The van der Waals surface area contributed by atoms with Gasteiger partial charge in [-0.25, -0.2) is 0 Å². The quantitative estimate of drug-likeness (QED) is 0.266. The van der Waals surface area contributed by atoms with E-state index in [1.165, 1.54) is 6.08 Å². The van der Waals surface area contributed by atoms with E-state index in [9.17, 15) is 4.79 Å². The van der Waals surface area contributed by atoms with Crippen molar-refractivity contribution in [2.45, 2.75) is 19.8 Å². The standard InChI is InChI=1S/C24H30O6/c1-5-6-13-29-24-16-18(8-11-21(24)27-3)7-10-20(25)19-9-12-22(23(17-19)28-4)30-15-14-26-2/h7-12,16-17H,5-6,13-15H2,1-4H3/b10-7+. The Hall–Kier alpha value is -2.99. The van der Waals surface area contributed by atoms with Gasteiger partial charge in [-0.3, -0.25) is 4.79 Å². The molecule has 0 radical (unpaired) electrons. The maximum Gasteiger partial charge on any atom is 0.185 e. The topological polar surface area (TPSA) is 63.2 Å². The predicted molar refractivity (Wildman–Crippen MR) is 117 cm³/mol. The lowest BCUT2D eigenvalue weighted by Crippen LogP contribution is -2.06. The number of methoxy groups -OCH3 is 3. The summed E-state index contributed by atoms with van der Waals surface area (Å²) in [5.41, 5.74) is 1.36. The lowest BCUT2D eigenvalue weighted by molar-refractivity contribution is 0.104. The van der Waals surface area contributed by atoms with Crippen LogP contribution < -0.4 is 18.9 Å². The van der Waals surface area contributed by atoms with Gasteiger partial charge in [-0.2, -0.15) is 0 Å². The average molecular weight is 414 g/mol. The molecule has 0 N–H and O–H groups in total. The molecule has 0 unspecified atom stereocenters. The first-order chi connectivity index (χ1) is 14.6. The van der Waals surface area contributed by atoms with Crippen molar-refractivity contribution < 1.29 is 28.5 Å². The smallest absolute Gasteiger partial charge is 0.185 e. The zero-order chi connectivity index (χ0) is 21.8. The highest BCUT2D eigenvalue weighted by atomic mass is 16.5. The second-order valence-electron chi connectivity index (χ2n) is 6.52. The van der Waals surface area contributed by atoms with Gasteiger partial charge in [0.25, 0.3) is 0 Å². The van der Waals surface area contributed by atoms with Crippen LogP contribution in [0, 0.1) is 0 Å². The van der Waals surface area contributed by atoms with Crippen LogP contribution in [0.25, 0.3) is 6.08 Å². The molecule has 0 aromatic heterocycles. The van der Waals surface area contributed by atoms with Gasteiger partial charge in [0.05, 0.1) is 27.4 Å². The Morgan fingerprint density at radius 3 is 2.27 bits per heavy atom. The van der Waals surface area contributed by atoms with Gasteiger partial charge in [0.15, 0.2) is 28.8 Å². The van der Waals surface area contributed by atoms with Crippen LogP contribution in [0.2, 0.25) is 0 Å². The Morgan fingerprint density at radius 1 is 0.833 bits per heavy atom. The molecule has 30 heavy (non-hydrogen) atoms. The molecule has 0 saturated heterocycles. The Kier molecular flexibility index (Phi) is 9.74. The summed E-state index contributed by atoms with van der Waals surface area (Å²) in [6.07, 6.45) is 5.30. The number of rotatable bonds is 13. The molecule has 0 amide bonds. The summed E-state index contributed by atoms with van der Waals surface area (Å²) in [5, 5.41) is 0. The predicted octanol–water partition coefficient (Wildman–Crippen LogP) is 4.80. The van der Waals surface area contributed by atoms with Crippen molar-refractivity contribution in [1.29, 1.82) is 0 Å². The van der Waals surface area contributed by atoms with E-state index >= 15 is 0 Å². The summed E-state index contributed by atoms with van der Waals surface area (Å²) in [7, 11) is 4.76. The number of benzene rings is 2. The number of hydrogen-bond acceptors (Lipinski definition) is 6. The second kappa shape index (κ2) is 12.5. The zero-order valence-corrected chi connectivity index (χ0v) is 18.1. The van der Waals surface area contributed by atoms with Gasteiger partial charge in [0.1, 0.15) is 6.61 Å². The van der Waals surface area contributed by atoms with E-state index in [1.807, 2.05) is 18.2 Å². The van der Waals surface area contributed by atoms with Gasteiger partial charge in [-0.1, -0.05) is 25.5 Å². The van der Waals surface area contributed by atoms with Gasteiger partial charge in [-0.05, 0) is 48.4 Å². The van der Waals surface area contributed by atoms with Crippen molar-refractivity contribution in [3.05, 3.63) is 53.6 Å². The fraction of sp³-hybridized carbons (Fsp3) is 0.375. The normalized spacial score (nSPS) is 10.8. The fourth-order valence-electron chi connectivity index (χ4n) is 2.68. The lowest BCUT2D eigenvalue weighted by Gasteiger charge is -2.11. The molecule has 0 saturated carbocycles. The van der Waals surface area contributed by atoms with Crippen LogP contribution in [0.15, 0.2) is 42.5 Å². The molecule has 0 fully saturated rings. The van der Waals surface area contributed by atoms with Crippen LogP contribution in [0.4, 0.5) is 0 Å². The van der Waals surface area contributed by atoms with Gasteiger partial charge < -0.3 is 23.7 Å². The lowest BCUT2D eigenvalue weighted by atomic mass is 10.1. The molecule has 0 aliphatic rings. The molecule has 2 rings (SSSR count). The number of unbranched alkanes of at least 4 members (excludes halogenated alkanes) is 1. The van der Waals surface area contributed by atoms with E-state index in [4.69, 9.17) is 23.7 Å². The number of carbonyl (C=O) groups is 1. The Balaban J connectivity index is 2.12. The SMILES string of the molecule is CCCCOc1cc(/C=C/C(=O)c2ccc(OCCOC)c(OC)c2)ccc1OC. The molecule has 0 spiro atoms. The molecule has 0 heterocycles. The van der Waals surface area contributed by atoms with Crippen molar-refractivity contribution in [3.8, 4) is 23.0 Å². The van der Waals surface area contributed by atoms with E-state index in [0.717, 1.165) is 18.4 Å². The number of hydrogen-bond donors (Lipinski definition) is 0. The molecule has 0 aliphatic carbocycles. The van der Waals surface area contributed by atoms with Crippen molar-refractivity contribution in [2.75, 3.05) is 41.2 Å². The van der Waals surface area contributed by atoms with Gasteiger partial charge in [0, 0.05) is 12.7 Å². The molecule has 0 aliphatic heterocycles. The molecule has 2 aromatic rings. The van der Waals surface area contributed by atoms with Crippen molar-refractivity contribution in [1.82, 2.24) is 0 Å². The van der Waals surface area contributed by atoms with Crippen LogP contribution in [0.3, 0.4) is 0 Å². The molecule has 0 atom stereocenters. The largest absolute Gasteiger partial charge is 0.493 e. The third-order valence-corrected chi connectivity index (χ3v) is 4.36. The third kappa shape index (κ3) is 6.81. The van der Waals surface area contributed by atoms with Crippen LogP contribution in [0.5, 0.6) is 23.0 Å². The zero-order valence-electron chi connectivity index (χ0n) is 18.1. The minimum atomic E-state index is -0.138. The minimum Gasteiger partial charge on any atom is -0.493 e. The van der Waals surface area contributed by atoms with Crippen LogP contribution in [-0.2, 0) is 4.74 Å². The molecule has 162 valence electrons. The summed E-state index contributed by atoms with van der Waals surface area (Å²) in [6, 6.07) is 10.7. The van der Waals surface area contributed by atoms with Gasteiger partial charge >= 0.3 is 0 Å². The van der Waals surface area contributed by atoms with E-state index in [1.54, 1.807) is 45.6 Å². The number of carbonyl (C=O) groups excluding carboxylic acids is 1. The Labute approximate surface area is 178 Å². The number of ether oxygens (including phenoxy) is 5. The first kappa shape index (κ1) is 23.3. The first-order valence-corrected chi connectivity index (χ1v) is 9.96. The van der Waals surface area contributed by atoms with Gasteiger partial charge in [-0.15, -0.1) is 0 Å². The molecular formula is C24H30O6. The van der Waals surface area contributed by atoms with Crippen molar-refractivity contribution in [3.63, 3.8) is 0 Å². The third-order valence-electron chi connectivity index (χ3n) is 4.36. The number of allylic oxidation sites excluding steroid dienone is 1. The maximum absolute atomic E-state index is 12.6. The van der Waals surface area contributed by atoms with Crippen LogP contribution >= 0.6 is 0 Å². The minimum absolute atomic E-state index is 0.138. The van der Waals surface area contributed by atoms with Gasteiger partial charge in [0.2, 0.25) is 0 Å². The van der Waals surface area contributed by atoms with Crippen molar-refractivity contribution in [2.24, 2.45) is 0 Å². The van der Waals surface area contributed by atoms with E-state index in [0.29, 0.717) is 48.4 Å². The van der Waals surface area contributed by atoms with E-state index < -0.39 is 0 Å². The fourth-order valence-corrected chi connectivity index (χ4v) is 2.68. The van der Waals surface area contributed by atoms with Crippen LogP contribution in [-0.4, -0.2) is 46.9 Å². The van der Waals surface area contributed by atoms with E-state index in [-0.39, 0.29) is 5.78 Å². The van der Waals surface area contributed by atoms with Crippen molar-refractivity contribution >= 4 is 11.9 Å².